The zero-order valence-electron chi connectivity index (χ0n) is 12.8. The second kappa shape index (κ2) is 7.11. The number of rotatable bonds is 6. The minimum atomic E-state index is -0.877. The van der Waals surface area contributed by atoms with Gasteiger partial charge in [0.2, 0.25) is 5.91 Å². The van der Waals surface area contributed by atoms with Crippen molar-refractivity contribution in [2.45, 2.75) is 33.6 Å². The van der Waals surface area contributed by atoms with Crippen LogP contribution >= 0.6 is 0 Å². The van der Waals surface area contributed by atoms with Crippen molar-refractivity contribution in [3.8, 4) is 0 Å². The van der Waals surface area contributed by atoms with Gasteiger partial charge in [0.25, 0.3) is 0 Å². The Labute approximate surface area is 125 Å². The molecule has 5 heteroatoms. The summed E-state index contributed by atoms with van der Waals surface area (Å²) < 4.78 is 0. The lowest BCUT2D eigenvalue weighted by molar-refractivity contribution is -0.142. The van der Waals surface area contributed by atoms with Crippen LogP contribution in [0.5, 0.6) is 0 Å². The van der Waals surface area contributed by atoms with Gasteiger partial charge in [-0.05, 0) is 29.5 Å². The van der Waals surface area contributed by atoms with E-state index in [1.807, 2.05) is 20.8 Å². The number of anilines is 1. The lowest BCUT2D eigenvalue weighted by atomic mass is 9.84. The molecule has 1 atom stereocenters. The van der Waals surface area contributed by atoms with E-state index in [0.29, 0.717) is 12.1 Å². The van der Waals surface area contributed by atoms with Crippen molar-refractivity contribution in [3.05, 3.63) is 29.8 Å². The van der Waals surface area contributed by atoms with E-state index >= 15 is 0 Å². The zero-order valence-corrected chi connectivity index (χ0v) is 12.8. The monoisotopic (exact) mass is 292 g/mol. The fourth-order valence-corrected chi connectivity index (χ4v) is 2.11. The molecule has 5 nitrogen and oxygen atoms in total. The normalized spacial score (nSPS) is 12.7. The molecule has 116 valence electrons. The summed E-state index contributed by atoms with van der Waals surface area (Å²) >= 11 is 0. The SMILES string of the molecule is CC(C)(C)CC(CNC(=O)Cc1ccc(N)cc1)C(=O)O. The summed E-state index contributed by atoms with van der Waals surface area (Å²) in [5, 5.41) is 11.9. The van der Waals surface area contributed by atoms with Gasteiger partial charge in [0, 0.05) is 12.2 Å². The van der Waals surface area contributed by atoms with Crippen LogP contribution in [0.1, 0.15) is 32.8 Å². The molecule has 1 aromatic rings. The molecule has 0 aromatic heterocycles. The number of carboxylic acid groups (broad SMARTS) is 1. The van der Waals surface area contributed by atoms with Gasteiger partial charge in [0.15, 0.2) is 0 Å². The van der Waals surface area contributed by atoms with E-state index in [-0.39, 0.29) is 24.3 Å². The number of aliphatic carboxylic acids is 1. The fourth-order valence-electron chi connectivity index (χ4n) is 2.11. The largest absolute Gasteiger partial charge is 0.481 e. The Hall–Kier alpha value is -2.04. The number of benzene rings is 1. The molecule has 1 aromatic carbocycles. The topological polar surface area (TPSA) is 92.4 Å². The van der Waals surface area contributed by atoms with Crippen LogP contribution in [0.3, 0.4) is 0 Å². The van der Waals surface area contributed by atoms with Gasteiger partial charge in [-0.1, -0.05) is 32.9 Å². The Bertz CT molecular complexity index is 489. The Kier molecular flexibility index (Phi) is 5.76. The molecule has 0 fully saturated rings. The molecule has 1 unspecified atom stereocenters. The van der Waals surface area contributed by atoms with Gasteiger partial charge < -0.3 is 16.2 Å². The summed E-state index contributed by atoms with van der Waals surface area (Å²) in [4.78, 5) is 23.1. The zero-order chi connectivity index (χ0) is 16.0. The van der Waals surface area contributed by atoms with Gasteiger partial charge in [-0.3, -0.25) is 9.59 Å². The van der Waals surface area contributed by atoms with E-state index in [1.165, 1.54) is 0 Å². The standard InChI is InChI=1S/C16H24N2O3/c1-16(2,3)9-12(15(20)21)10-18-14(19)8-11-4-6-13(17)7-5-11/h4-7,12H,8-10,17H2,1-3H3,(H,18,19)(H,20,21). The van der Waals surface area contributed by atoms with E-state index in [9.17, 15) is 14.7 Å². The molecule has 0 radical (unpaired) electrons. The van der Waals surface area contributed by atoms with E-state index in [1.54, 1.807) is 24.3 Å². The predicted molar refractivity (Wildman–Crippen MR) is 82.8 cm³/mol. The Morgan fingerprint density at radius 3 is 2.29 bits per heavy atom. The molecule has 0 heterocycles. The molecule has 0 saturated carbocycles. The average molecular weight is 292 g/mol. The molecule has 1 amide bonds. The van der Waals surface area contributed by atoms with E-state index in [0.717, 1.165) is 5.56 Å². The minimum absolute atomic E-state index is 0.0925. The fraction of sp³-hybridized carbons (Fsp3) is 0.500. The number of carboxylic acids is 1. The number of carbonyl (C=O) groups is 2. The Balaban J connectivity index is 2.50. The van der Waals surface area contributed by atoms with E-state index in [4.69, 9.17) is 5.73 Å². The number of nitrogens with one attached hydrogen (secondary N) is 1. The third-order valence-corrected chi connectivity index (χ3v) is 3.10. The Morgan fingerprint density at radius 1 is 1.24 bits per heavy atom. The van der Waals surface area contributed by atoms with Crippen LogP contribution in [0.4, 0.5) is 5.69 Å². The first-order chi connectivity index (χ1) is 9.67. The van der Waals surface area contributed by atoms with Crippen LogP contribution in [-0.2, 0) is 16.0 Å². The smallest absolute Gasteiger partial charge is 0.308 e. The maximum atomic E-state index is 11.9. The quantitative estimate of drug-likeness (QED) is 0.700. The summed E-state index contributed by atoms with van der Waals surface area (Å²) in [6, 6.07) is 7.06. The first kappa shape index (κ1) is 17.0. The van der Waals surface area contributed by atoms with Crippen LogP contribution in [0.25, 0.3) is 0 Å². The molecular weight excluding hydrogens is 268 g/mol. The van der Waals surface area contributed by atoms with Crippen molar-refractivity contribution in [2.75, 3.05) is 12.3 Å². The third kappa shape index (κ3) is 6.79. The molecule has 1 rings (SSSR count). The predicted octanol–water partition coefficient (Wildman–Crippen LogP) is 2.06. The van der Waals surface area contributed by atoms with Gasteiger partial charge in [0.05, 0.1) is 12.3 Å². The first-order valence-electron chi connectivity index (χ1n) is 7.01. The number of carbonyl (C=O) groups excluding carboxylic acids is 1. The maximum Gasteiger partial charge on any atom is 0.308 e. The highest BCUT2D eigenvalue weighted by molar-refractivity contribution is 5.79. The first-order valence-corrected chi connectivity index (χ1v) is 7.01. The van der Waals surface area contributed by atoms with Gasteiger partial charge in [-0.25, -0.2) is 0 Å². The molecule has 0 saturated heterocycles. The van der Waals surface area contributed by atoms with Crippen molar-refractivity contribution in [1.29, 1.82) is 0 Å². The molecule has 4 N–H and O–H groups in total. The number of nitrogens with two attached hydrogens (primary N) is 1. The van der Waals surface area contributed by atoms with Crippen LogP contribution in [0.2, 0.25) is 0 Å². The highest BCUT2D eigenvalue weighted by atomic mass is 16.4. The summed E-state index contributed by atoms with van der Waals surface area (Å²) in [5.41, 5.74) is 6.99. The minimum Gasteiger partial charge on any atom is -0.481 e. The van der Waals surface area contributed by atoms with Gasteiger partial charge >= 0.3 is 5.97 Å². The van der Waals surface area contributed by atoms with Crippen molar-refractivity contribution in [1.82, 2.24) is 5.32 Å². The summed E-state index contributed by atoms with van der Waals surface area (Å²) in [5.74, 6) is -1.63. The van der Waals surface area contributed by atoms with Crippen molar-refractivity contribution in [2.24, 2.45) is 11.3 Å². The Morgan fingerprint density at radius 2 is 1.81 bits per heavy atom. The molecule has 0 aliphatic carbocycles. The number of hydrogen-bond acceptors (Lipinski definition) is 3. The van der Waals surface area contributed by atoms with Crippen LogP contribution in [-0.4, -0.2) is 23.5 Å². The molecular formula is C16H24N2O3. The highest BCUT2D eigenvalue weighted by Gasteiger charge is 2.24. The van der Waals surface area contributed by atoms with E-state index < -0.39 is 11.9 Å². The van der Waals surface area contributed by atoms with Gasteiger partial charge in [0.1, 0.15) is 0 Å². The van der Waals surface area contributed by atoms with Gasteiger partial charge in [-0.15, -0.1) is 0 Å². The second-order valence-corrected chi connectivity index (χ2v) is 6.52. The second-order valence-electron chi connectivity index (χ2n) is 6.52. The number of hydrogen-bond donors (Lipinski definition) is 3. The lowest BCUT2D eigenvalue weighted by Crippen LogP contribution is -2.35. The number of nitrogen functional groups attached to an aromatic ring is 1. The van der Waals surface area contributed by atoms with E-state index in [2.05, 4.69) is 5.32 Å². The molecule has 0 aliphatic rings. The van der Waals surface area contributed by atoms with Gasteiger partial charge in [-0.2, -0.15) is 0 Å². The third-order valence-electron chi connectivity index (χ3n) is 3.10. The van der Waals surface area contributed by atoms with Crippen LogP contribution in [0.15, 0.2) is 24.3 Å². The average Bonchev–Trinajstić information content (AvgIpc) is 2.35. The summed E-state index contributed by atoms with van der Waals surface area (Å²) in [6.45, 7) is 6.11. The van der Waals surface area contributed by atoms with Crippen molar-refractivity contribution in [3.63, 3.8) is 0 Å². The van der Waals surface area contributed by atoms with Crippen molar-refractivity contribution >= 4 is 17.6 Å². The van der Waals surface area contributed by atoms with Crippen LogP contribution < -0.4 is 11.1 Å². The molecule has 0 aliphatic heterocycles. The highest BCUT2D eigenvalue weighted by Crippen LogP contribution is 2.24. The molecule has 0 spiro atoms. The maximum absolute atomic E-state index is 11.9. The van der Waals surface area contributed by atoms with Crippen LogP contribution in [0, 0.1) is 11.3 Å². The summed E-state index contributed by atoms with van der Waals surface area (Å²) in [7, 11) is 0. The lowest BCUT2D eigenvalue weighted by Gasteiger charge is -2.23. The number of amides is 1. The molecule has 0 bridgehead atoms. The van der Waals surface area contributed by atoms with Crippen molar-refractivity contribution < 1.29 is 14.7 Å². The summed E-state index contributed by atoms with van der Waals surface area (Å²) in [6.07, 6.45) is 0.743. The molecule has 21 heavy (non-hydrogen) atoms.